The van der Waals surface area contributed by atoms with Crippen LogP contribution >= 0.6 is 21.6 Å². The predicted molar refractivity (Wildman–Crippen MR) is 86.7 cm³/mol. The summed E-state index contributed by atoms with van der Waals surface area (Å²) in [5, 5.41) is 8.29. The van der Waals surface area contributed by atoms with Gasteiger partial charge in [0.25, 0.3) is 0 Å². The van der Waals surface area contributed by atoms with Gasteiger partial charge in [-0.3, -0.25) is 9.67 Å². The minimum Gasteiger partial charge on any atom is -0.309 e. The van der Waals surface area contributed by atoms with Crippen LogP contribution in [-0.2, 0) is 6.54 Å². The van der Waals surface area contributed by atoms with Crippen LogP contribution in [0.5, 0.6) is 0 Å². The average molecular weight is 309 g/mol. The summed E-state index contributed by atoms with van der Waals surface area (Å²) in [7, 11) is 7.98. The molecule has 0 aliphatic rings. The van der Waals surface area contributed by atoms with Crippen LogP contribution < -0.4 is 0 Å². The molecule has 2 aromatic rings. The molecule has 0 aliphatic carbocycles. The normalized spacial score (nSPS) is 11.2. The fraction of sp³-hybridized carbons (Fsp3) is 0.462. The van der Waals surface area contributed by atoms with Crippen LogP contribution in [0.4, 0.5) is 0 Å². The van der Waals surface area contributed by atoms with Crippen molar-refractivity contribution >= 4 is 21.6 Å². The van der Waals surface area contributed by atoms with Gasteiger partial charge in [0.1, 0.15) is 5.69 Å². The standard InChI is InChI=1S/C13H19N5S2/c1-17(2)7-9-19-20-10-8-18-11-13(15-16-18)12-5-3-4-6-14-12/h3-6,11H,7-10H2,1-2H3. The third-order valence-electron chi connectivity index (χ3n) is 2.57. The fourth-order valence-corrected chi connectivity index (χ4v) is 3.60. The van der Waals surface area contributed by atoms with Crippen LogP contribution in [0.1, 0.15) is 0 Å². The van der Waals surface area contributed by atoms with E-state index in [9.17, 15) is 0 Å². The van der Waals surface area contributed by atoms with Gasteiger partial charge in [0.15, 0.2) is 0 Å². The van der Waals surface area contributed by atoms with Crippen LogP contribution in [-0.4, -0.2) is 57.0 Å². The van der Waals surface area contributed by atoms with Gasteiger partial charge in [0, 0.05) is 24.2 Å². The van der Waals surface area contributed by atoms with E-state index in [1.807, 2.05) is 50.7 Å². The van der Waals surface area contributed by atoms with E-state index >= 15 is 0 Å². The maximum absolute atomic E-state index is 4.27. The first-order chi connectivity index (χ1) is 9.75. The molecule has 2 rings (SSSR count). The SMILES string of the molecule is CN(C)CCSSCCn1cc(-c2ccccn2)nn1. The van der Waals surface area contributed by atoms with Gasteiger partial charge < -0.3 is 4.90 Å². The van der Waals surface area contributed by atoms with E-state index in [2.05, 4.69) is 34.3 Å². The highest BCUT2D eigenvalue weighted by molar-refractivity contribution is 8.76. The summed E-state index contributed by atoms with van der Waals surface area (Å²) < 4.78 is 1.88. The lowest BCUT2D eigenvalue weighted by Crippen LogP contribution is -2.14. The van der Waals surface area contributed by atoms with Crippen LogP contribution in [0.15, 0.2) is 30.6 Å². The van der Waals surface area contributed by atoms with Gasteiger partial charge >= 0.3 is 0 Å². The Kier molecular flexibility index (Phi) is 6.35. The van der Waals surface area contributed by atoms with Crippen molar-refractivity contribution in [3.05, 3.63) is 30.6 Å². The Morgan fingerprint density at radius 2 is 2.00 bits per heavy atom. The minimum absolute atomic E-state index is 0.830. The zero-order valence-electron chi connectivity index (χ0n) is 11.8. The smallest absolute Gasteiger partial charge is 0.131 e. The number of hydrogen-bond donors (Lipinski definition) is 0. The molecule has 0 spiro atoms. The lowest BCUT2D eigenvalue weighted by atomic mass is 10.3. The molecule has 20 heavy (non-hydrogen) atoms. The monoisotopic (exact) mass is 309 g/mol. The second kappa shape index (κ2) is 8.28. The maximum Gasteiger partial charge on any atom is 0.131 e. The van der Waals surface area contributed by atoms with E-state index in [1.54, 1.807) is 6.20 Å². The Morgan fingerprint density at radius 1 is 1.15 bits per heavy atom. The number of hydrogen-bond acceptors (Lipinski definition) is 6. The Morgan fingerprint density at radius 3 is 2.75 bits per heavy atom. The number of pyridine rings is 1. The summed E-state index contributed by atoms with van der Waals surface area (Å²) in [5.41, 5.74) is 1.70. The van der Waals surface area contributed by atoms with Gasteiger partial charge in [-0.05, 0) is 26.2 Å². The third-order valence-corrected chi connectivity index (χ3v) is 4.94. The first kappa shape index (κ1) is 15.3. The molecule has 0 radical (unpaired) electrons. The molecule has 2 heterocycles. The Bertz CT molecular complexity index is 500. The summed E-state index contributed by atoms with van der Waals surface area (Å²) in [5.74, 6) is 2.18. The molecule has 0 saturated heterocycles. The Hall–Kier alpha value is -1.05. The zero-order valence-corrected chi connectivity index (χ0v) is 13.4. The summed E-state index contributed by atoms with van der Waals surface area (Å²) in [6.45, 7) is 1.99. The molecule has 0 aromatic carbocycles. The third kappa shape index (κ3) is 5.15. The zero-order chi connectivity index (χ0) is 14.2. The van der Waals surface area contributed by atoms with Crippen LogP contribution in [0.2, 0.25) is 0 Å². The average Bonchev–Trinajstić information content (AvgIpc) is 2.92. The molecule has 5 nitrogen and oxygen atoms in total. The van der Waals surface area contributed by atoms with E-state index in [4.69, 9.17) is 0 Å². The second-order valence-electron chi connectivity index (χ2n) is 4.53. The van der Waals surface area contributed by atoms with Gasteiger partial charge in [-0.15, -0.1) is 5.10 Å². The Labute approximate surface area is 127 Å². The van der Waals surface area contributed by atoms with Crippen molar-refractivity contribution in [2.75, 3.05) is 32.1 Å². The number of aryl methyl sites for hydroxylation is 1. The second-order valence-corrected chi connectivity index (χ2v) is 7.23. The largest absolute Gasteiger partial charge is 0.309 e. The molecule has 0 N–H and O–H groups in total. The van der Waals surface area contributed by atoms with Crippen LogP contribution in [0.3, 0.4) is 0 Å². The van der Waals surface area contributed by atoms with E-state index in [-0.39, 0.29) is 0 Å². The molecular weight excluding hydrogens is 290 g/mol. The molecule has 108 valence electrons. The van der Waals surface area contributed by atoms with Crippen molar-refractivity contribution in [1.29, 1.82) is 0 Å². The van der Waals surface area contributed by atoms with Crippen molar-refractivity contribution in [2.24, 2.45) is 0 Å². The number of aromatic nitrogens is 4. The molecule has 0 aliphatic heterocycles. The topological polar surface area (TPSA) is 46.8 Å². The maximum atomic E-state index is 4.27. The van der Waals surface area contributed by atoms with Crippen molar-refractivity contribution in [1.82, 2.24) is 24.9 Å². The van der Waals surface area contributed by atoms with Crippen molar-refractivity contribution in [3.8, 4) is 11.4 Å². The molecular formula is C13H19N5S2. The van der Waals surface area contributed by atoms with E-state index in [1.165, 1.54) is 0 Å². The molecule has 2 aromatic heterocycles. The highest BCUT2D eigenvalue weighted by Gasteiger charge is 2.04. The first-order valence-corrected chi connectivity index (χ1v) is 8.95. The van der Waals surface area contributed by atoms with E-state index in [0.29, 0.717) is 0 Å². The van der Waals surface area contributed by atoms with Gasteiger partial charge in [0.05, 0.1) is 18.4 Å². The van der Waals surface area contributed by atoms with E-state index < -0.39 is 0 Å². The lowest BCUT2D eigenvalue weighted by Gasteiger charge is -2.07. The van der Waals surface area contributed by atoms with Gasteiger partial charge in [0.2, 0.25) is 0 Å². The lowest BCUT2D eigenvalue weighted by molar-refractivity contribution is 0.438. The molecule has 0 fully saturated rings. The predicted octanol–water partition coefficient (Wildman–Crippen LogP) is 2.28. The molecule has 7 heteroatoms. The first-order valence-electron chi connectivity index (χ1n) is 6.46. The quantitative estimate of drug-likeness (QED) is 0.551. The van der Waals surface area contributed by atoms with Gasteiger partial charge in [-0.2, -0.15) is 0 Å². The molecule has 0 atom stereocenters. The van der Waals surface area contributed by atoms with Crippen molar-refractivity contribution in [2.45, 2.75) is 6.54 Å². The highest BCUT2D eigenvalue weighted by atomic mass is 33.1. The summed E-state index contributed by atoms with van der Waals surface area (Å²) in [6, 6.07) is 5.80. The number of nitrogens with zero attached hydrogens (tertiary/aromatic N) is 5. The van der Waals surface area contributed by atoms with Crippen molar-refractivity contribution in [3.63, 3.8) is 0 Å². The van der Waals surface area contributed by atoms with Crippen LogP contribution in [0, 0.1) is 0 Å². The van der Waals surface area contributed by atoms with Gasteiger partial charge in [-0.25, -0.2) is 0 Å². The minimum atomic E-state index is 0.830. The van der Waals surface area contributed by atoms with Crippen molar-refractivity contribution < 1.29 is 0 Å². The molecule has 0 unspecified atom stereocenters. The number of rotatable bonds is 8. The summed E-state index contributed by atoms with van der Waals surface area (Å²) in [4.78, 5) is 6.47. The van der Waals surface area contributed by atoms with Gasteiger partial charge in [-0.1, -0.05) is 32.9 Å². The molecule has 0 amide bonds. The van der Waals surface area contributed by atoms with Crippen LogP contribution in [0.25, 0.3) is 11.4 Å². The molecule has 0 bridgehead atoms. The molecule has 0 saturated carbocycles. The fourth-order valence-electron chi connectivity index (χ4n) is 1.51. The Balaban J connectivity index is 1.71. The summed E-state index contributed by atoms with van der Waals surface area (Å²) >= 11 is 0. The van der Waals surface area contributed by atoms with E-state index in [0.717, 1.165) is 36.0 Å². The summed E-state index contributed by atoms with van der Waals surface area (Å²) in [6.07, 6.45) is 3.72. The highest BCUT2D eigenvalue weighted by Crippen LogP contribution is 2.21.